The molecule has 0 saturated heterocycles. The van der Waals surface area contributed by atoms with E-state index in [4.69, 9.17) is 9.84 Å². The largest absolute Gasteiger partial charge is 0.481 e. The molecule has 0 aliphatic rings. The summed E-state index contributed by atoms with van der Waals surface area (Å²) in [4.78, 5) is 23.0. The van der Waals surface area contributed by atoms with Gasteiger partial charge in [0.15, 0.2) is 0 Å². The number of esters is 1. The number of carbonyl (C=O) groups is 2. The highest BCUT2D eigenvalue weighted by molar-refractivity contribution is 5.71. The summed E-state index contributed by atoms with van der Waals surface area (Å²) in [6.45, 7) is 4.38. The summed E-state index contributed by atoms with van der Waals surface area (Å²) in [7, 11) is 0. The molecule has 0 heterocycles. The van der Waals surface area contributed by atoms with Crippen LogP contribution >= 0.6 is 0 Å². The van der Waals surface area contributed by atoms with Crippen molar-refractivity contribution in [2.45, 2.75) is 174 Å². The number of carboxylic acid groups (broad SMARTS) is 1. The van der Waals surface area contributed by atoms with Crippen LogP contribution in [0.3, 0.4) is 0 Å². The Morgan fingerprint density at radius 1 is 0.629 bits per heavy atom. The van der Waals surface area contributed by atoms with Crippen LogP contribution in [0, 0.1) is 0 Å². The van der Waals surface area contributed by atoms with Gasteiger partial charge in [0, 0.05) is 6.42 Å². The third-order valence-corrected chi connectivity index (χ3v) is 6.72. The number of aliphatic carboxylic acids is 1. The van der Waals surface area contributed by atoms with Gasteiger partial charge in [-0.25, -0.2) is 0 Å². The van der Waals surface area contributed by atoms with Crippen molar-refractivity contribution in [1.82, 2.24) is 0 Å². The molecule has 1 N–H and O–H groups in total. The Labute approximate surface area is 217 Å². The topological polar surface area (TPSA) is 63.6 Å². The molecule has 0 rings (SSSR count). The number of carbonyl (C=O) groups excluding carboxylic acids is 1. The van der Waals surface area contributed by atoms with E-state index in [-0.39, 0.29) is 12.4 Å². The lowest BCUT2D eigenvalue weighted by molar-refractivity contribution is -0.153. The fourth-order valence-electron chi connectivity index (χ4n) is 4.49. The molecule has 0 aromatic rings. The van der Waals surface area contributed by atoms with Crippen LogP contribution in [-0.2, 0) is 14.3 Å². The van der Waals surface area contributed by atoms with E-state index in [9.17, 15) is 9.59 Å². The van der Waals surface area contributed by atoms with Gasteiger partial charge >= 0.3 is 11.9 Å². The lowest BCUT2D eigenvalue weighted by Gasteiger charge is -2.16. The number of rotatable bonds is 27. The number of hydrogen-bond donors (Lipinski definition) is 1. The monoisotopic (exact) mass is 494 g/mol. The summed E-state index contributed by atoms with van der Waals surface area (Å²) in [5.41, 5.74) is 0. The van der Waals surface area contributed by atoms with Crippen LogP contribution in [0.2, 0.25) is 0 Å². The number of allylic oxidation sites excluding steroid dienone is 2. The molecule has 0 bridgehead atoms. The highest BCUT2D eigenvalue weighted by atomic mass is 16.5. The first kappa shape index (κ1) is 33.7. The smallest absolute Gasteiger partial charge is 0.307 e. The van der Waals surface area contributed by atoms with Crippen LogP contribution in [0.4, 0.5) is 0 Å². The van der Waals surface area contributed by atoms with Gasteiger partial charge in [0.05, 0.1) is 6.42 Å². The Morgan fingerprint density at radius 2 is 1.06 bits per heavy atom. The number of unbranched alkanes of at least 4 members (excludes halogenated alkanes) is 18. The van der Waals surface area contributed by atoms with Gasteiger partial charge in [-0.1, -0.05) is 122 Å². The fourth-order valence-corrected chi connectivity index (χ4v) is 4.49. The Balaban J connectivity index is 3.44. The van der Waals surface area contributed by atoms with Gasteiger partial charge in [-0.05, 0) is 44.9 Å². The number of hydrogen-bond acceptors (Lipinski definition) is 3. The van der Waals surface area contributed by atoms with Crippen molar-refractivity contribution in [1.29, 1.82) is 0 Å². The van der Waals surface area contributed by atoms with Crippen molar-refractivity contribution in [3.8, 4) is 0 Å². The van der Waals surface area contributed by atoms with Crippen LogP contribution in [-0.4, -0.2) is 23.1 Å². The fraction of sp³-hybridized carbons (Fsp3) is 0.871. The lowest BCUT2D eigenvalue weighted by Crippen LogP contribution is -2.21. The molecule has 0 radical (unpaired) electrons. The zero-order valence-corrected chi connectivity index (χ0v) is 23.4. The maximum Gasteiger partial charge on any atom is 0.307 e. The molecule has 0 aliphatic carbocycles. The first-order chi connectivity index (χ1) is 17.1. The molecule has 35 heavy (non-hydrogen) atoms. The summed E-state index contributed by atoms with van der Waals surface area (Å²) in [6.07, 6.45) is 31.5. The van der Waals surface area contributed by atoms with Crippen molar-refractivity contribution in [2.24, 2.45) is 0 Å². The summed E-state index contributed by atoms with van der Waals surface area (Å²) in [6, 6.07) is 0. The van der Waals surface area contributed by atoms with Crippen molar-refractivity contribution < 1.29 is 19.4 Å². The lowest BCUT2D eigenvalue weighted by atomic mass is 10.0. The second-order valence-corrected chi connectivity index (χ2v) is 10.3. The standard InChI is InChI=1S/C31H58O4/c1-3-5-7-8-9-10-11-12-13-14-15-16-17-18-19-20-21-22-23-25-27-31(34)35-29(28-30(32)33)26-24-6-4-2/h12-13,29H,3-11,14-28H2,1-2H3,(H,32,33)/b13-12-. The van der Waals surface area contributed by atoms with E-state index in [1.807, 2.05) is 0 Å². The van der Waals surface area contributed by atoms with Crippen LogP contribution in [0.15, 0.2) is 12.2 Å². The van der Waals surface area contributed by atoms with Crippen LogP contribution in [0.5, 0.6) is 0 Å². The predicted molar refractivity (Wildman–Crippen MR) is 149 cm³/mol. The van der Waals surface area contributed by atoms with Gasteiger partial charge in [0.25, 0.3) is 0 Å². The maximum atomic E-state index is 12.0. The third kappa shape index (κ3) is 27.1. The van der Waals surface area contributed by atoms with Crippen molar-refractivity contribution >= 4 is 11.9 Å². The number of ether oxygens (including phenoxy) is 1. The molecule has 206 valence electrons. The molecule has 1 atom stereocenters. The Morgan fingerprint density at radius 3 is 1.54 bits per heavy atom. The Kier molecular flexibility index (Phi) is 26.2. The molecule has 0 aromatic heterocycles. The van der Waals surface area contributed by atoms with Gasteiger partial charge in [0.2, 0.25) is 0 Å². The van der Waals surface area contributed by atoms with E-state index >= 15 is 0 Å². The molecule has 0 saturated carbocycles. The first-order valence-corrected chi connectivity index (χ1v) is 15.2. The molecule has 0 spiro atoms. The molecule has 0 fully saturated rings. The molecule has 4 nitrogen and oxygen atoms in total. The van der Waals surface area contributed by atoms with Gasteiger partial charge < -0.3 is 9.84 Å². The molecular weight excluding hydrogens is 436 g/mol. The molecular formula is C31H58O4. The second-order valence-electron chi connectivity index (χ2n) is 10.3. The van der Waals surface area contributed by atoms with Crippen LogP contribution in [0.25, 0.3) is 0 Å². The minimum absolute atomic E-state index is 0.0780. The average Bonchev–Trinajstić information content (AvgIpc) is 2.82. The molecule has 1 unspecified atom stereocenters. The molecule has 0 aromatic carbocycles. The van der Waals surface area contributed by atoms with E-state index < -0.39 is 12.1 Å². The summed E-state index contributed by atoms with van der Waals surface area (Å²) < 4.78 is 5.42. The quantitative estimate of drug-likeness (QED) is 0.0701. The second kappa shape index (κ2) is 27.3. The van der Waals surface area contributed by atoms with Crippen molar-refractivity contribution in [3.63, 3.8) is 0 Å². The van der Waals surface area contributed by atoms with Crippen LogP contribution in [0.1, 0.15) is 168 Å². The minimum atomic E-state index is -0.894. The van der Waals surface area contributed by atoms with E-state index in [0.29, 0.717) is 12.8 Å². The van der Waals surface area contributed by atoms with Crippen molar-refractivity contribution in [3.05, 3.63) is 12.2 Å². The first-order valence-electron chi connectivity index (χ1n) is 15.2. The molecule has 0 aliphatic heterocycles. The van der Waals surface area contributed by atoms with Gasteiger partial charge in [-0.3, -0.25) is 9.59 Å². The van der Waals surface area contributed by atoms with E-state index in [2.05, 4.69) is 26.0 Å². The van der Waals surface area contributed by atoms with E-state index in [0.717, 1.165) is 32.1 Å². The Hall–Kier alpha value is -1.32. The molecule has 4 heteroatoms. The highest BCUT2D eigenvalue weighted by Gasteiger charge is 2.17. The average molecular weight is 495 g/mol. The highest BCUT2D eigenvalue weighted by Crippen LogP contribution is 2.15. The summed E-state index contributed by atoms with van der Waals surface area (Å²) in [5.74, 6) is -1.13. The number of carboxylic acids is 1. The predicted octanol–water partition coefficient (Wildman–Crippen LogP) is 9.94. The van der Waals surface area contributed by atoms with Gasteiger partial charge in [-0.2, -0.15) is 0 Å². The van der Waals surface area contributed by atoms with E-state index in [1.54, 1.807) is 0 Å². The SMILES string of the molecule is CCCCCCCC/C=C\CCCCCCCCCCCCC(=O)OC(CCCCC)CC(=O)O. The maximum absolute atomic E-state index is 12.0. The summed E-state index contributed by atoms with van der Waals surface area (Å²) in [5, 5.41) is 9.01. The zero-order chi connectivity index (χ0) is 25.8. The minimum Gasteiger partial charge on any atom is -0.481 e. The molecule has 0 amide bonds. The van der Waals surface area contributed by atoms with E-state index in [1.165, 1.54) is 103 Å². The third-order valence-electron chi connectivity index (χ3n) is 6.72. The Bertz CT molecular complexity index is 500. The summed E-state index contributed by atoms with van der Waals surface area (Å²) >= 11 is 0. The van der Waals surface area contributed by atoms with Gasteiger partial charge in [-0.15, -0.1) is 0 Å². The van der Waals surface area contributed by atoms with Crippen LogP contribution < -0.4 is 0 Å². The van der Waals surface area contributed by atoms with Gasteiger partial charge in [0.1, 0.15) is 6.10 Å². The normalized spacial score (nSPS) is 12.3. The zero-order valence-electron chi connectivity index (χ0n) is 23.4. The van der Waals surface area contributed by atoms with Crippen molar-refractivity contribution in [2.75, 3.05) is 0 Å².